The Labute approximate surface area is 246 Å². The summed E-state index contributed by atoms with van der Waals surface area (Å²) in [5.74, 6) is -5.50. The minimum atomic E-state index is -5.09. The standard InChI is InChI=1S/C27H26N2O12S2/c1-17-13-15-19(16-14-17)43(37,38)41-25-20-11-7-8-12-21(20)29(42(35,36)18-9-5-4-6-10-18)27(25,34)28(24(32)40-3)26(33,22(25)30)23(31)39-2/h4-16,22,30,33-34H,1-3H3/t22?,25-,26-,27-/m0/s1. The summed E-state index contributed by atoms with van der Waals surface area (Å²) >= 11 is 0. The number of benzene rings is 3. The number of aryl methyl sites for hydroxylation is 1. The number of likely N-dealkylation sites (tertiary alicyclic amines) is 1. The summed E-state index contributed by atoms with van der Waals surface area (Å²) in [6.45, 7) is 1.68. The molecule has 2 aliphatic rings. The maximum absolute atomic E-state index is 14.3. The van der Waals surface area contributed by atoms with Crippen LogP contribution in [0.15, 0.2) is 88.7 Å². The maximum atomic E-state index is 14.3. The molecule has 0 radical (unpaired) electrons. The molecule has 2 heterocycles. The lowest BCUT2D eigenvalue weighted by atomic mass is 9.85. The quantitative estimate of drug-likeness (QED) is 0.255. The number of esters is 1. The first kappa shape index (κ1) is 30.4. The van der Waals surface area contributed by atoms with Gasteiger partial charge in [0.2, 0.25) is 5.60 Å². The second-order valence-electron chi connectivity index (χ2n) is 9.75. The Hall–Kier alpha value is -4.06. The average Bonchev–Trinajstić information content (AvgIpc) is 3.29. The number of nitrogens with zero attached hydrogens (tertiary/aromatic N) is 2. The highest BCUT2D eigenvalue weighted by atomic mass is 32.2. The van der Waals surface area contributed by atoms with E-state index in [9.17, 15) is 41.7 Å². The first-order chi connectivity index (χ1) is 20.1. The van der Waals surface area contributed by atoms with E-state index in [0.29, 0.717) is 5.56 Å². The zero-order chi connectivity index (χ0) is 31.6. The first-order valence-electron chi connectivity index (χ1n) is 12.5. The van der Waals surface area contributed by atoms with Gasteiger partial charge in [-0.05, 0) is 37.3 Å². The smallest absolute Gasteiger partial charge is 0.416 e. The molecule has 1 fully saturated rings. The van der Waals surface area contributed by atoms with E-state index in [1.807, 2.05) is 0 Å². The van der Waals surface area contributed by atoms with Gasteiger partial charge < -0.3 is 24.8 Å². The van der Waals surface area contributed by atoms with E-state index in [1.54, 1.807) is 6.92 Å². The molecule has 3 N–H and O–H groups in total. The maximum Gasteiger partial charge on any atom is 0.416 e. The van der Waals surface area contributed by atoms with Crippen LogP contribution in [0.5, 0.6) is 0 Å². The van der Waals surface area contributed by atoms with Crippen LogP contribution in [0.3, 0.4) is 0 Å². The molecule has 16 heteroatoms. The number of aliphatic hydroxyl groups is 3. The van der Waals surface area contributed by atoms with Crippen molar-refractivity contribution in [1.82, 2.24) is 4.90 Å². The number of methoxy groups -OCH3 is 2. The first-order valence-corrected chi connectivity index (χ1v) is 15.3. The molecule has 0 aromatic heterocycles. The molecule has 228 valence electrons. The topological polar surface area (TPSA) is 197 Å². The van der Waals surface area contributed by atoms with E-state index >= 15 is 0 Å². The molecule has 0 bridgehead atoms. The number of amides is 1. The number of hydrogen-bond acceptors (Lipinski definition) is 12. The molecule has 3 aromatic carbocycles. The van der Waals surface area contributed by atoms with Crippen LogP contribution in [0.4, 0.5) is 10.5 Å². The summed E-state index contributed by atoms with van der Waals surface area (Å²) in [6, 6.07) is 16.5. The molecule has 0 aliphatic carbocycles. The van der Waals surface area contributed by atoms with Gasteiger partial charge in [-0.2, -0.15) is 8.42 Å². The molecule has 1 amide bonds. The fourth-order valence-electron chi connectivity index (χ4n) is 5.47. The Morgan fingerprint density at radius 1 is 0.814 bits per heavy atom. The van der Waals surface area contributed by atoms with Gasteiger partial charge in [0, 0.05) is 5.56 Å². The lowest BCUT2D eigenvalue weighted by Crippen LogP contribution is -2.70. The fraction of sp³-hybridized carbons (Fsp3) is 0.259. The van der Waals surface area contributed by atoms with Gasteiger partial charge in [0.1, 0.15) is 0 Å². The minimum Gasteiger partial charge on any atom is -0.465 e. The molecule has 0 spiro atoms. The third-order valence-corrected chi connectivity index (χ3v) is 10.5. The van der Waals surface area contributed by atoms with Crippen molar-refractivity contribution in [3.8, 4) is 0 Å². The molecule has 4 atom stereocenters. The number of anilines is 1. The van der Waals surface area contributed by atoms with Gasteiger partial charge in [-0.15, -0.1) is 0 Å². The van der Waals surface area contributed by atoms with E-state index in [1.165, 1.54) is 42.5 Å². The number of rotatable bonds is 6. The van der Waals surface area contributed by atoms with Gasteiger partial charge in [-0.25, -0.2) is 31.4 Å². The van der Waals surface area contributed by atoms with Gasteiger partial charge >= 0.3 is 12.1 Å². The minimum absolute atomic E-state index is 0.191. The number of sulfonamides is 1. The number of para-hydroxylation sites is 1. The van der Waals surface area contributed by atoms with E-state index in [4.69, 9.17) is 8.92 Å². The lowest BCUT2D eigenvalue weighted by Gasteiger charge is -2.44. The van der Waals surface area contributed by atoms with Crippen LogP contribution in [0.2, 0.25) is 0 Å². The van der Waals surface area contributed by atoms with Crippen molar-refractivity contribution < 1.29 is 55.4 Å². The summed E-state index contributed by atoms with van der Waals surface area (Å²) < 4.78 is 71.3. The summed E-state index contributed by atoms with van der Waals surface area (Å²) in [4.78, 5) is 25.3. The largest absolute Gasteiger partial charge is 0.465 e. The van der Waals surface area contributed by atoms with E-state index in [2.05, 4.69) is 4.74 Å². The van der Waals surface area contributed by atoms with Gasteiger partial charge in [-0.3, -0.25) is 0 Å². The summed E-state index contributed by atoms with van der Waals surface area (Å²) in [6.07, 6.45) is -4.66. The van der Waals surface area contributed by atoms with Crippen molar-refractivity contribution in [2.45, 2.75) is 40.0 Å². The van der Waals surface area contributed by atoms with Crippen LogP contribution < -0.4 is 4.31 Å². The second kappa shape index (κ2) is 10.0. The van der Waals surface area contributed by atoms with Crippen LogP contribution in [-0.2, 0) is 44.2 Å². The summed E-state index contributed by atoms with van der Waals surface area (Å²) in [5, 5.41) is 36.3. The highest BCUT2D eigenvalue weighted by molar-refractivity contribution is 7.93. The fourth-order valence-corrected chi connectivity index (χ4v) is 8.36. The highest BCUT2D eigenvalue weighted by Gasteiger charge is 2.88. The molecule has 5 rings (SSSR count). The summed E-state index contributed by atoms with van der Waals surface area (Å²) in [5.41, 5.74) is -7.29. The van der Waals surface area contributed by atoms with Gasteiger partial charge in [0.15, 0.2) is 6.10 Å². The van der Waals surface area contributed by atoms with Gasteiger partial charge in [-0.1, -0.05) is 54.1 Å². The number of aliphatic hydroxyl groups excluding tert-OH is 1. The van der Waals surface area contributed by atoms with Crippen LogP contribution in [-0.4, -0.2) is 81.0 Å². The molecular formula is C27H26N2O12S2. The zero-order valence-corrected chi connectivity index (χ0v) is 24.4. The number of carbonyl (C=O) groups excluding carboxylic acids is 2. The molecular weight excluding hydrogens is 608 g/mol. The molecule has 43 heavy (non-hydrogen) atoms. The average molecular weight is 635 g/mol. The molecule has 14 nitrogen and oxygen atoms in total. The Bertz CT molecular complexity index is 1820. The van der Waals surface area contributed by atoms with E-state index in [-0.39, 0.29) is 9.21 Å². The number of ether oxygens (including phenoxy) is 2. The Morgan fingerprint density at radius 3 is 1.98 bits per heavy atom. The van der Waals surface area contributed by atoms with E-state index < -0.39 is 76.5 Å². The van der Waals surface area contributed by atoms with Crippen LogP contribution in [0.1, 0.15) is 11.1 Å². The number of hydrogen-bond donors (Lipinski definition) is 3. The predicted molar refractivity (Wildman–Crippen MR) is 146 cm³/mol. The summed E-state index contributed by atoms with van der Waals surface area (Å²) in [7, 11) is -8.57. The van der Waals surface area contributed by atoms with E-state index in [0.717, 1.165) is 50.6 Å². The monoisotopic (exact) mass is 634 g/mol. The van der Waals surface area contributed by atoms with Gasteiger partial charge in [0.25, 0.3) is 31.7 Å². The van der Waals surface area contributed by atoms with Crippen molar-refractivity contribution in [1.29, 1.82) is 0 Å². The SMILES string of the molecule is COC(=O)N1[C@]2(O)N(S(=O)(=O)c3ccccc3)c3ccccc3[C@]2(OS(=O)(=O)c2ccc(C)cc2)C(O)[C@]1(O)C(=O)OC. The van der Waals surface area contributed by atoms with Crippen LogP contribution in [0.25, 0.3) is 0 Å². The molecule has 2 aliphatic heterocycles. The van der Waals surface area contributed by atoms with Crippen LogP contribution >= 0.6 is 0 Å². The molecule has 1 saturated heterocycles. The Morgan fingerprint density at radius 2 is 1.40 bits per heavy atom. The van der Waals surface area contributed by atoms with Crippen molar-refractivity contribution in [3.63, 3.8) is 0 Å². The van der Waals surface area contributed by atoms with Gasteiger partial charge in [0.05, 0.1) is 29.7 Å². The third-order valence-electron chi connectivity index (χ3n) is 7.40. The van der Waals surface area contributed by atoms with Crippen molar-refractivity contribution in [2.75, 3.05) is 18.5 Å². The van der Waals surface area contributed by atoms with Crippen molar-refractivity contribution in [2.24, 2.45) is 0 Å². The Kier molecular flexibility index (Phi) is 7.07. The van der Waals surface area contributed by atoms with Crippen molar-refractivity contribution >= 4 is 37.9 Å². The highest BCUT2D eigenvalue weighted by Crippen LogP contribution is 2.64. The van der Waals surface area contributed by atoms with Crippen molar-refractivity contribution in [3.05, 3.63) is 90.0 Å². The number of carbonyl (C=O) groups is 2. The normalized spacial score (nSPS) is 26.5. The molecule has 3 aromatic rings. The lowest BCUT2D eigenvalue weighted by molar-refractivity contribution is -0.209. The second-order valence-corrected chi connectivity index (χ2v) is 13.1. The van der Waals surface area contributed by atoms with Crippen LogP contribution in [0, 0.1) is 6.92 Å². The number of fused-ring (bicyclic) bond motifs is 3. The predicted octanol–water partition coefficient (Wildman–Crippen LogP) is 0.755. The zero-order valence-electron chi connectivity index (χ0n) is 22.8. The third kappa shape index (κ3) is 3.91. The molecule has 0 saturated carbocycles. The Balaban J connectivity index is 1.93. The molecule has 1 unspecified atom stereocenters.